The Morgan fingerprint density at radius 1 is 1.33 bits per heavy atom. The Kier molecular flexibility index (Phi) is 3.33. The van der Waals surface area contributed by atoms with Crippen molar-refractivity contribution in [3.63, 3.8) is 0 Å². The van der Waals surface area contributed by atoms with Crippen LogP contribution in [0, 0.1) is 6.92 Å². The number of hydrogen-bond acceptors (Lipinski definition) is 4. The first kappa shape index (κ1) is 12.1. The Balaban J connectivity index is 1.87. The van der Waals surface area contributed by atoms with Gasteiger partial charge in [0.15, 0.2) is 11.5 Å². The van der Waals surface area contributed by atoms with E-state index in [-0.39, 0.29) is 0 Å². The van der Waals surface area contributed by atoms with Crippen molar-refractivity contribution in [1.82, 2.24) is 10.2 Å². The molecule has 0 bridgehead atoms. The highest BCUT2D eigenvalue weighted by molar-refractivity contribution is 6.31. The van der Waals surface area contributed by atoms with E-state index in [9.17, 15) is 0 Å². The predicted octanol–water partition coefficient (Wildman–Crippen LogP) is 1.78. The molecule has 1 aromatic rings. The van der Waals surface area contributed by atoms with Crippen LogP contribution in [0.3, 0.4) is 0 Å². The summed E-state index contributed by atoms with van der Waals surface area (Å²) >= 11 is 6.35. The molecule has 1 fully saturated rings. The van der Waals surface area contributed by atoms with Crippen LogP contribution in [0.15, 0.2) is 6.07 Å². The third-order valence-corrected chi connectivity index (χ3v) is 3.91. The summed E-state index contributed by atoms with van der Waals surface area (Å²) in [6.07, 6.45) is 0. The van der Waals surface area contributed by atoms with Gasteiger partial charge in [-0.25, -0.2) is 0 Å². The van der Waals surface area contributed by atoms with Gasteiger partial charge < -0.3 is 14.8 Å². The van der Waals surface area contributed by atoms with E-state index in [4.69, 9.17) is 21.1 Å². The van der Waals surface area contributed by atoms with Crippen LogP contribution in [-0.2, 0) is 6.54 Å². The van der Waals surface area contributed by atoms with Crippen LogP contribution >= 0.6 is 11.6 Å². The first-order chi connectivity index (χ1) is 8.75. The molecule has 0 radical (unpaired) electrons. The molecule has 5 heteroatoms. The summed E-state index contributed by atoms with van der Waals surface area (Å²) in [5.74, 6) is 1.62. The van der Waals surface area contributed by atoms with E-state index < -0.39 is 0 Å². The van der Waals surface area contributed by atoms with E-state index in [1.807, 2.05) is 6.07 Å². The first-order valence-corrected chi connectivity index (χ1v) is 6.64. The van der Waals surface area contributed by atoms with Gasteiger partial charge in [-0.2, -0.15) is 0 Å². The van der Waals surface area contributed by atoms with Crippen LogP contribution in [0.1, 0.15) is 11.1 Å². The number of nitrogens with zero attached hydrogens (tertiary/aromatic N) is 1. The van der Waals surface area contributed by atoms with Gasteiger partial charge in [0.25, 0.3) is 0 Å². The fourth-order valence-electron chi connectivity index (χ4n) is 2.49. The molecule has 0 aliphatic carbocycles. The smallest absolute Gasteiger partial charge is 0.231 e. The van der Waals surface area contributed by atoms with Gasteiger partial charge >= 0.3 is 0 Å². The zero-order valence-corrected chi connectivity index (χ0v) is 11.2. The van der Waals surface area contributed by atoms with Crippen molar-refractivity contribution in [3.05, 3.63) is 22.2 Å². The fraction of sp³-hybridized carbons (Fsp3) is 0.538. The van der Waals surface area contributed by atoms with Gasteiger partial charge in [0, 0.05) is 49.4 Å². The van der Waals surface area contributed by atoms with E-state index in [0.717, 1.165) is 60.4 Å². The second-order valence-corrected chi connectivity index (χ2v) is 5.13. The van der Waals surface area contributed by atoms with Gasteiger partial charge in [-0.3, -0.25) is 4.90 Å². The zero-order chi connectivity index (χ0) is 12.5. The highest BCUT2D eigenvalue weighted by Crippen LogP contribution is 2.41. The minimum absolute atomic E-state index is 0.295. The van der Waals surface area contributed by atoms with Crippen LogP contribution in [0.25, 0.3) is 0 Å². The Labute approximate surface area is 112 Å². The summed E-state index contributed by atoms with van der Waals surface area (Å²) in [6.45, 7) is 7.43. The van der Waals surface area contributed by atoms with Gasteiger partial charge in [-0.15, -0.1) is 0 Å². The molecule has 2 heterocycles. The number of ether oxygens (including phenoxy) is 2. The molecule has 18 heavy (non-hydrogen) atoms. The minimum Gasteiger partial charge on any atom is -0.454 e. The summed E-state index contributed by atoms with van der Waals surface area (Å²) in [6, 6.07) is 1.87. The maximum Gasteiger partial charge on any atom is 0.231 e. The number of nitrogens with one attached hydrogen (secondary N) is 1. The molecule has 3 rings (SSSR count). The summed E-state index contributed by atoms with van der Waals surface area (Å²) in [5.41, 5.74) is 2.26. The molecule has 4 nitrogen and oxygen atoms in total. The third-order valence-electron chi connectivity index (χ3n) is 3.57. The molecule has 1 N–H and O–H groups in total. The molecule has 1 aromatic carbocycles. The van der Waals surface area contributed by atoms with Gasteiger partial charge in [-0.1, -0.05) is 11.6 Å². The molecule has 2 aliphatic rings. The molecule has 0 spiro atoms. The third kappa shape index (κ3) is 2.16. The molecular formula is C13H17ClN2O2. The molecule has 0 saturated carbocycles. The average Bonchev–Trinajstić information content (AvgIpc) is 2.84. The highest BCUT2D eigenvalue weighted by Gasteiger charge is 2.22. The summed E-state index contributed by atoms with van der Waals surface area (Å²) < 4.78 is 10.9. The van der Waals surface area contributed by atoms with Crippen molar-refractivity contribution in [2.75, 3.05) is 33.0 Å². The normalized spacial score (nSPS) is 19.2. The van der Waals surface area contributed by atoms with Gasteiger partial charge in [0.2, 0.25) is 6.79 Å². The molecule has 1 saturated heterocycles. The van der Waals surface area contributed by atoms with E-state index in [1.54, 1.807) is 0 Å². The lowest BCUT2D eigenvalue weighted by Gasteiger charge is -2.28. The van der Waals surface area contributed by atoms with Crippen molar-refractivity contribution < 1.29 is 9.47 Å². The van der Waals surface area contributed by atoms with Crippen LogP contribution in [0.4, 0.5) is 0 Å². The lowest BCUT2D eigenvalue weighted by atomic mass is 10.1. The zero-order valence-electron chi connectivity index (χ0n) is 10.5. The number of benzene rings is 1. The minimum atomic E-state index is 0.295. The number of piperazine rings is 1. The van der Waals surface area contributed by atoms with Crippen molar-refractivity contribution >= 4 is 11.6 Å². The van der Waals surface area contributed by atoms with Gasteiger partial charge in [0.1, 0.15) is 0 Å². The summed E-state index contributed by atoms with van der Waals surface area (Å²) in [4.78, 5) is 2.41. The van der Waals surface area contributed by atoms with Crippen molar-refractivity contribution in [1.29, 1.82) is 0 Å². The highest BCUT2D eigenvalue weighted by atomic mass is 35.5. The van der Waals surface area contributed by atoms with E-state index in [2.05, 4.69) is 17.1 Å². The van der Waals surface area contributed by atoms with E-state index in [1.165, 1.54) is 0 Å². The maximum atomic E-state index is 6.35. The van der Waals surface area contributed by atoms with E-state index in [0.29, 0.717) is 6.79 Å². The van der Waals surface area contributed by atoms with Crippen LogP contribution in [0.5, 0.6) is 11.5 Å². The van der Waals surface area contributed by atoms with Crippen LogP contribution < -0.4 is 14.8 Å². The second-order valence-electron chi connectivity index (χ2n) is 4.72. The molecular weight excluding hydrogens is 252 g/mol. The Morgan fingerprint density at radius 2 is 2.11 bits per heavy atom. The quantitative estimate of drug-likeness (QED) is 0.887. The molecule has 0 unspecified atom stereocenters. The predicted molar refractivity (Wildman–Crippen MR) is 70.5 cm³/mol. The van der Waals surface area contributed by atoms with Crippen molar-refractivity contribution in [3.8, 4) is 11.5 Å². The number of rotatable bonds is 2. The average molecular weight is 269 g/mol. The molecule has 0 amide bonds. The second kappa shape index (κ2) is 4.96. The Hall–Kier alpha value is -0.970. The topological polar surface area (TPSA) is 33.7 Å². The lowest BCUT2D eigenvalue weighted by Crippen LogP contribution is -2.43. The lowest BCUT2D eigenvalue weighted by molar-refractivity contribution is 0.173. The van der Waals surface area contributed by atoms with E-state index >= 15 is 0 Å². The van der Waals surface area contributed by atoms with Gasteiger partial charge in [0.05, 0.1) is 0 Å². The number of fused-ring (bicyclic) bond motifs is 1. The Morgan fingerprint density at radius 3 is 2.89 bits per heavy atom. The molecule has 98 valence electrons. The van der Waals surface area contributed by atoms with Crippen LogP contribution in [-0.4, -0.2) is 37.9 Å². The summed E-state index contributed by atoms with van der Waals surface area (Å²) in [7, 11) is 0. The first-order valence-electron chi connectivity index (χ1n) is 6.26. The number of halogens is 1. The standard InChI is InChI=1S/C13H17ClN2O2/c1-9-10(7-16-4-2-15-3-5-16)11(14)6-12-13(9)18-8-17-12/h6,15H,2-5,7-8H2,1H3. The number of hydrogen-bond donors (Lipinski definition) is 1. The molecule has 2 aliphatic heterocycles. The monoisotopic (exact) mass is 268 g/mol. The van der Waals surface area contributed by atoms with Crippen LogP contribution in [0.2, 0.25) is 5.02 Å². The fourth-order valence-corrected chi connectivity index (χ4v) is 2.79. The largest absolute Gasteiger partial charge is 0.454 e. The Bertz CT molecular complexity index is 459. The summed E-state index contributed by atoms with van der Waals surface area (Å²) in [5, 5.41) is 4.13. The SMILES string of the molecule is Cc1c(CN2CCNCC2)c(Cl)cc2c1OCO2. The maximum absolute atomic E-state index is 6.35. The van der Waals surface area contributed by atoms with Gasteiger partial charge in [-0.05, 0) is 12.5 Å². The van der Waals surface area contributed by atoms with Crippen molar-refractivity contribution in [2.24, 2.45) is 0 Å². The molecule has 0 atom stereocenters. The molecule has 0 aromatic heterocycles. The van der Waals surface area contributed by atoms with Crippen molar-refractivity contribution in [2.45, 2.75) is 13.5 Å².